The third-order valence-electron chi connectivity index (χ3n) is 4.34. The topological polar surface area (TPSA) is 112 Å². The largest absolute Gasteiger partial charge is 0.478 e. The number of carboxylic acids is 1. The van der Waals surface area contributed by atoms with Crippen molar-refractivity contribution in [2.75, 3.05) is 7.05 Å². The van der Waals surface area contributed by atoms with Crippen molar-refractivity contribution in [3.63, 3.8) is 0 Å². The molecule has 0 fully saturated rings. The van der Waals surface area contributed by atoms with Crippen LogP contribution in [0.4, 0.5) is 0 Å². The van der Waals surface area contributed by atoms with Gasteiger partial charge in [0.05, 0.1) is 5.56 Å². The van der Waals surface area contributed by atoms with Gasteiger partial charge in [-0.3, -0.25) is 14.5 Å². The summed E-state index contributed by atoms with van der Waals surface area (Å²) in [5.41, 5.74) is 0.760. The van der Waals surface area contributed by atoms with Gasteiger partial charge in [-0.2, -0.15) is 5.26 Å². The number of aromatic carboxylic acids is 1. The van der Waals surface area contributed by atoms with Crippen LogP contribution in [0.2, 0.25) is 0 Å². The van der Waals surface area contributed by atoms with E-state index in [4.69, 9.17) is 4.42 Å². The van der Waals surface area contributed by atoms with E-state index in [9.17, 15) is 24.8 Å². The first-order chi connectivity index (χ1) is 13.2. The lowest BCUT2D eigenvalue weighted by molar-refractivity contribution is -0.138. The maximum absolute atomic E-state index is 12.4. The molecule has 8 heteroatoms. The maximum atomic E-state index is 12.4. The molecule has 2 aromatic rings. The number of carboxylic acid groups (broad SMARTS) is 1. The van der Waals surface area contributed by atoms with Crippen LogP contribution in [0.5, 0.6) is 0 Å². The highest BCUT2D eigenvalue weighted by atomic mass is 79.9. The molecule has 0 unspecified atom stereocenters. The molecule has 28 heavy (non-hydrogen) atoms. The Balaban J connectivity index is 2.08. The molecule has 140 valence electrons. The van der Waals surface area contributed by atoms with Gasteiger partial charge in [0, 0.05) is 22.7 Å². The van der Waals surface area contributed by atoms with E-state index in [0.29, 0.717) is 15.8 Å². The van der Waals surface area contributed by atoms with Crippen LogP contribution in [0.1, 0.15) is 23.0 Å². The minimum Gasteiger partial charge on any atom is -0.478 e. The number of hydrogen-bond donors (Lipinski definition) is 1. The van der Waals surface area contributed by atoms with Gasteiger partial charge >= 0.3 is 5.97 Å². The molecular weight excluding hydrogens is 428 g/mol. The Hall–Kier alpha value is -3.44. The molecule has 1 aliphatic rings. The van der Waals surface area contributed by atoms with Crippen LogP contribution in [0.3, 0.4) is 0 Å². The van der Waals surface area contributed by atoms with E-state index in [2.05, 4.69) is 15.9 Å². The first-order valence-electron chi connectivity index (χ1n) is 8.03. The number of rotatable bonds is 3. The van der Waals surface area contributed by atoms with Crippen molar-refractivity contribution >= 4 is 39.8 Å². The number of imide groups is 1. The van der Waals surface area contributed by atoms with Crippen molar-refractivity contribution in [2.24, 2.45) is 0 Å². The zero-order valence-electron chi connectivity index (χ0n) is 14.8. The van der Waals surface area contributed by atoms with Crippen LogP contribution in [-0.2, 0) is 9.59 Å². The Morgan fingerprint density at radius 2 is 1.96 bits per heavy atom. The molecule has 3 rings (SSSR count). The van der Waals surface area contributed by atoms with E-state index in [1.807, 2.05) is 6.07 Å². The lowest BCUT2D eigenvalue weighted by Gasteiger charge is -2.23. The summed E-state index contributed by atoms with van der Waals surface area (Å²) < 4.78 is 6.33. The van der Waals surface area contributed by atoms with Gasteiger partial charge in [-0.15, -0.1) is 0 Å². The molecule has 0 aliphatic carbocycles. The van der Waals surface area contributed by atoms with E-state index >= 15 is 0 Å². The van der Waals surface area contributed by atoms with Crippen molar-refractivity contribution in [1.82, 2.24) is 4.90 Å². The molecule has 1 aromatic heterocycles. The SMILES string of the molecule is CC1=C(C#N)C(=O)N(C)C(=O)/C1=C/c1ccc(-c2ccc(Br)cc2C(=O)O)o1. The maximum Gasteiger partial charge on any atom is 0.336 e. The predicted molar refractivity (Wildman–Crippen MR) is 103 cm³/mol. The van der Waals surface area contributed by atoms with Gasteiger partial charge in [0.2, 0.25) is 0 Å². The highest BCUT2D eigenvalue weighted by molar-refractivity contribution is 9.10. The molecule has 2 amide bonds. The van der Waals surface area contributed by atoms with Crippen LogP contribution >= 0.6 is 15.9 Å². The summed E-state index contributed by atoms with van der Waals surface area (Å²) in [6, 6.07) is 9.77. The summed E-state index contributed by atoms with van der Waals surface area (Å²) in [7, 11) is 1.30. The van der Waals surface area contributed by atoms with Crippen LogP contribution in [0, 0.1) is 11.3 Å². The molecule has 0 spiro atoms. The quantitative estimate of drug-likeness (QED) is 0.575. The summed E-state index contributed by atoms with van der Waals surface area (Å²) in [5.74, 6) is -1.70. The average Bonchev–Trinajstić information content (AvgIpc) is 3.12. The van der Waals surface area contributed by atoms with E-state index in [0.717, 1.165) is 4.90 Å². The van der Waals surface area contributed by atoms with Crippen molar-refractivity contribution in [3.05, 3.63) is 62.8 Å². The molecule has 1 aliphatic heterocycles. The van der Waals surface area contributed by atoms with Crippen LogP contribution in [0.25, 0.3) is 17.4 Å². The Kier molecular flexibility index (Phi) is 5.03. The molecular formula is C20H13BrN2O5. The number of carbonyl (C=O) groups is 3. The number of nitrogens with zero attached hydrogens (tertiary/aromatic N) is 2. The highest BCUT2D eigenvalue weighted by Crippen LogP contribution is 2.31. The number of amides is 2. The fourth-order valence-electron chi connectivity index (χ4n) is 2.82. The molecule has 1 N–H and O–H groups in total. The van der Waals surface area contributed by atoms with Gasteiger partial charge in [-0.1, -0.05) is 15.9 Å². The third-order valence-corrected chi connectivity index (χ3v) is 4.83. The fourth-order valence-corrected chi connectivity index (χ4v) is 3.18. The van der Waals surface area contributed by atoms with Crippen LogP contribution in [0.15, 0.2) is 55.9 Å². The van der Waals surface area contributed by atoms with Gasteiger partial charge in [0.1, 0.15) is 23.2 Å². The Morgan fingerprint density at radius 3 is 2.61 bits per heavy atom. The Bertz CT molecular complexity index is 1130. The monoisotopic (exact) mass is 440 g/mol. The van der Waals surface area contributed by atoms with E-state index < -0.39 is 17.8 Å². The summed E-state index contributed by atoms with van der Waals surface area (Å²) in [6.45, 7) is 1.52. The predicted octanol–water partition coefficient (Wildman–Crippen LogP) is 3.63. The second-order valence-corrected chi connectivity index (χ2v) is 6.95. The number of carbonyl (C=O) groups excluding carboxylic acids is 2. The summed E-state index contributed by atoms with van der Waals surface area (Å²) in [4.78, 5) is 36.8. The van der Waals surface area contributed by atoms with E-state index in [1.54, 1.807) is 24.3 Å². The minimum absolute atomic E-state index is 0.0600. The molecule has 0 radical (unpaired) electrons. The molecule has 0 saturated carbocycles. The normalized spacial score (nSPS) is 15.9. The summed E-state index contributed by atoms with van der Waals surface area (Å²) in [6.07, 6.45) is 1.43. The second-order valence-electron chi connectivity index (χ2n) is 6.04. The highest BCUT2D eigenvalue weighted by Gasteiger charge is 2.33. The molecule has 0 saturated heterocycles. The molecule has 0 bridgehead atoms. The first-order valence-corrected chi connectivity index (χ1v) is 8.82. The van der Waals surface area contributed by atoms with Gasteiger partial charge in [0.15, 0.2) is 0 Å². The average molecular weight is 441 g/mol. The van der Waals surface area contributed by atoms with Crippen molar-refractivity contribution < 1.29 is 23.9 Å². The Labute approximate surface area is 168 Å². The summed E-state index contributed by atoms with van der Waals surface area (Å²) in [5, 5.41) is 18.6. The zero-order valence-corrected chi connectivity index (χ0v) is 16.4. The number of nitriles is 1. The smallest absolute Gasteiger partial charge is 0.336 e. The number of benzene rings is 1. The van der Waals surface area contributed by atoms with Gasteiger partial charge in [-0.25, -0.2) is 4.79 Å². The lowest BCUT2D eigenvalue weighted by atomic mass is 9.95. The van der Waals surface area contributed by atoms with Gasteiger partial charge < -0.3 is 9.52 Å². The standard InChI is InChI=1S/C20H13BrN2O5/c1-10-14(18(24)23(2)19(25)16(10)9-22)8-12-4-6-17(28-12)13-5-3-11(21)7-15(13)20(26)27/h3-8H,1-2H3,(H,26,27)/b14-8+. The van der Waals surface area contributed by atoms with Crippen molar-refractivity contribution in [3.8, 4) is 17.4 Å². The van der Waals surface area contributed by atoms with E-state index in [1.165, 1.54) is 26.1 Å². The van der Waals surface area contributed by atoms with Crippen molar-refractivity contribution in [2.45, 2.75) is 6.92 Å². The number of halogens is 1. The minimum atomic E-state index is -1.10. The molecule has 2 heterocycles. The van der Waals surface area contributed by atoms with Crippen LogP contribution in [-0.4, -0.2) is 34.8 Å². The van der Waals surface area contributed by atoms with Gasteiger partial charge in [-0.05, 0) is 48.9 Å². The third kappa shape index (κ3) is 3.28. The van der Waals surface area contributed by atoms with E-state index in [-0.39, 0.29) is 28.0 Å². The van der Waals surface area contributed by atoms with Gasteiger partial charge in [0.25, 0.3) is 11.8 Å². The molecule has 0 atom stereocenters. The lowest BCUT2D eigenvalue weighted by Crippen LogP contribution is -2.39. The Morgan fingerprint density at radius 1 is 1.25 bits per heavy atom. The summed E-state index contributed by atoms with van der Waals surface area (Å²) >= 11 is 3.24. The number of likely N-dealkylation sites (N-methyl/N-ethyl adjacent to an activating group) is 1. The van der Waals surface area contributed by atoms with Crippen LogP contribution < -0.4 is 0 Å². The zero-order chi connectivity index (χ0) is 20.6. The fraction of sp³-hybridized carbons (Fsp3) is 0.100. The molecule has 7 nitrogen and oxygen atoms in total. The van der Waals surface area contributed by atoms with Crippen molar-refractivity contribution in [1.29, 1.82) is 5.26 Å². The first kappa shape index (κ1) is 19.3. The number of hydrogen-bond acceptors (Lipinski definition) is 5. The second kappa shape index (κ2) is 7.29. The molecule has 1 aromatic carbocycles. The number of furan rings is 1.